The lowest BCUT2D eigenvalue weighted by Gasteiger charge is -2.19. The van der Waals surface area contributed by atoms with Crippen LogP contribution in [0.3, 0.4) is 0 Å². The molecule has 8 nitrogen and oxygen atoms in total. The third-order valence-electron chi connectivity index (χ3n) is 6.22. The number of carboxylic acids is 1. The Morgan fingerprint density at radius 3 is 2.18 bits per heavy atom. The van der Waals surface area contributed by atoms with Crippen molar-refractivity contribution < 1.29 is 29.3 Å². The molecule has 0 radical (unpaired) electrons. The predicted octanol–water partition coefficient (Wildman–Crippen LogP) is 3.28. The van der Waals surface area contributed by atoms with Crippen LogP contribution in [0.4, 0.5) is 4.79 Å². The molecule has 3 unspecified atom stereocenters. The number of fused-ring (bicyclic) bond motifs is 3. The predicted molar refractivity (Wildman–Crippen MR) is 127 cm³/mol. The molecular formula is C26H32N2O6. The van der Waals surface area contributed by atoms with Crippen LogP contribution in [0.1, 0.15) is 50.2 Å². The van der Waals surface area contributed by atoms with Gasteiger partial charge in [-0.3, -0.25) is 4.79 Å². The highest BCUT2D eigenvalue weighted by Crippen LogP contribution is 2.44. The Kier molecular flexibility index (Phi) is 8.65. The molecule has 0 heterocycles. The second kappa shape index (κ2) is 11.7. The van der Waals surface area contributed by atoms with E-state index in [1.165, 1.54) is 0 Å². The lowest BCUT2D eigenvalue weighted by atomic mass is 9.98. The average molecular weight is 469 g/mol. The molecule has 1 aliphatic carbocycles. The number of carbonyl (C=O) groups is 3. The highest BCUT2D eigenvalue weighted by atomic mass is 16.5. The van der Waals surface area contributed by atoms with Crippen LogP contribution in [0.2, 0.25) is 0 Å². The largest absolute Gasteiger partial charge is 0.480 e. The molecule has 182 valence electrons. The minimum absolute atomic E-state index is 0.0766. The van der Waals surface area contributed by atoms with E-state index in [0.29, 0.717) is 6.42 Å². The Bertz CT molecular complexity index is 978. The second-order valence-corrected chi connectivity index (χ2v) is 8.77. The number of benzene rings is 2. The Morgan fingerprint density at radius 2 is 1.62 bits per heavy atom. The third kappa shape index (κ3) is 6.35. The summed E-state index contributed by atoms with van der Waals surface area (Å²) in [6.45, 7) is 3.82. The van der Waals surface area contributed by atoms with Crippen molar-refractivity contribution in [3.63, 3.8) is 0 Å². The fourth-order valence-electron chi connectivity index (χ4n) is 4.18. The Labute approximate surface area is 199 Å². The number of carboxylic acid groups (broad SMARTS) is 1. The zero-order valence-corrected chi connectivity index (χ0v) is 19.5. The van der Waals surface area contributed by atoms with Gasteiger partial charge >= 0.3 is 12.1 Å². The van der Waals surface area contributed by atoms with E-state index in [1.807, 2.05) is 62.4 Å². The molecule has 1 aliphatic rings. The maximum Gasteiger partial charge on any atom is 0.407 e. The van der Waals surface area contributed by atoms with Crippen LogP contribution in [0, 0.1) is 5.92 Å². The minimum atomic E-state index is -1.17. The van der Waals surface area contributed by atoms with Crippen molar-refractivity contribution >= 4 is 18.0 Å². The normalized spacial score (nSPS) is 14.9. The van der Waals surface area contributed by atoms with Crippen LogP contribution in [0.25, 0.3) is 11.1 Å². The van der Waals surface area contributed by atoms with Crippen molar-refractivity contribution in [1.82, 2.24) is 10.6 Å². The first kappa shape index (κ1) is 25.2. The molecule has 2 aromatic carbocycles. The molecule has 0 aromatic heterocycles. The minimum Gasteiger partial charge on any atom is -0.480 e. The van der Waals surface area contributed by atoms with Gasteiger partial charge in [-0.1, -0.05) is 68.8 Å². The van der Waals surface area contributed by atoms with Crippen LogP contribution in [-0.2, 0) is 14.3 Å². The van der Waals surface area contributed by atoms with E-state index in [0.717, 1.165) is 28.7 Å². The molecule has 0 fully saturated rings. The number of carbonyl (C=O) groups excluding carboxylic acids is 2. The number of alkyl carbamates (subject to hydrolysis) is 1. The van der Waals surface area contributed by atoms with Gasteiger partial charge in [-0.05, 0) is 34.6 Å². The van der Waals surface area contributed by atoms with Gasteiger partial charge in [-0.2, -0.15) is 0 Å². The number of nitrogens with one attached hydrogen (secondary N) is 2. The van der Waals surface area contributed by atoms with Crippen molar-refractivity contribution in [2.24, 2.45) is 5.92 Å². The smallest absolute Gasteiger partial charge is 0.407 e. The summed E-state index contributed by atoms with van der Waals surface area (Å²) < 4.78 is 5.41. The van der Waals surface area contributed by atoms with Gasteiger partial charge < -0.3 is 25.6 Å². The number of aliphatic hydroxyl groups excluding tert-OH is 1. The van der Waals surface area contributed by atoms with E-state index in [-0.39, 0.29) is 31.4 Å². The van der Waals surface area contributed by atoms with Gasteiger partial charge in [0.25, 0.3) is 0 Å². The molecular weight excluding hydrogens is 436 g/mol. The molecule has 0 saturated carbocycles. The van der Waals surface area contributed by atoms with Crippen molar-refractivity contribution in [2.75, 3.05) is 13.2 Å². The molecule has 0 saturated heterocycles. The number of rotatable bonds is 11. The summed E-state index contributed by atoms with van der Waals surface area (Å²) in [5.41, 5.74) is 4.44. The number of hydrogen-bond acceptors (Lipinski definition) is 5. The topological polar surface area (TPSA) is 125 Å². The first-order valence-electron chi connectivity index (χ1n) is 11.6. The fraction of sp³-hybridized carbons (Fsp3) is 0.423. The van der Waals surface area contributed by atoms with Crippen molar-refractivity contribution in [3.8, 4) is 11.1 Å². The number of aliphatic carboxylic acids is 1. The third-order valence-corrected chi connectivity index (χ3v) is 6.22. The van der Waals surface area contributed by atoms with Gasteiger partial charge in [-0.15, -0.1) is 0 Å². The summed E-state index contributed by atoms with van der Waals surface area (Å²) in [4.78, 5) is 35.7. The number of amides is 2. The van der Waals surface area contributed by atoms with E-state index < -0.39 is 30.1 Å². The molecule has 0 spiro atoms. The van der Waals surface area contributed by atoms with Crippen LogP contribution in [0.15, 0.2) is 48.5 Å². The number of aliphatic hydroxyl groups is 1. The van der Waals surface area contributed by atoms with Gasteiger partial charge in [0.15, 0.2) is 0 Å². The van der Waals surface area contributed by atoms with E-state index in [9.17, 15) is 24.6 Å². The molecule has 34 heavy (non-hydrogen) atoms. The summed E-state index contributed by atoms with van der Waals surface area (Å²) in [7, 11) is 0. The highest BCUT2D eigenvalue weighted by Gasteiger charge is 2.29. The SMILES string of the molecule is CCC(C)CC(NC(=O)CC(O)CNC(=O)OCC1c2ccccc2-c2ccccc21)C(=O)O. The second-order valence-electron chi connectivity index (χ2n) is 8.77. The van der Waals surface area contributed by atoms with Crippen molar-refractivity contribution in [1.29, 1.82) is 0 Å². The van der Waals surface area contributed by atoms with Gasteiger partial charge in [-0.25, -0.2) is 9.59 Å². The van der Waals surface area contributed by atoms with Crippen LogP contribution in [0.5, 0.6) is 0 Å². The zero-order chi connectivity index (χ0) is 24.7. The monoisotopic (exact) mass is 468 g/mol. The Balaban J connectivity index is 1.45. The number of ether oxygens (including phenoxy) is 1. The van der Waals surface area contributed by atoms with Crippen LogP contribution < -0.4 is 10.6 Å². The molecule has 2 aromatic rings. The van der Waals surface area contributed by atoms with Crippen LogP contribution >= 0.6 is 0 Å². The Hall–Kier alpha value is -3.39. The molecule has 8 heteroatoms. The molecule has 4 N–H and O–H groups in total. The number of hydrogen-bond donors (Lipinski definition) is 4. The van der Waals surface area contributed by atoms with Gasteiger partial charge in [0.1, 0.15) is 12.6 Å². The van der Waals surface area contributed by atoms with Gasteiger partial charge in [0.05, 0.1) is 12.5 Å². The van der Waals surface area contributed by atoms with Crippen LogP contribution in [-0.4, -0.2) is 53.5 Å². The van der Waals surface area contributed by atoms with Crippen molar-refractivity contribution in [2.45, 2.75) is 51.2 Å². The summed E-state index contributed by atoms with van der Waals surface area (Å²) in [6.07, 6.45) is -1.08. The Morgan fingerprint density at radius 1 is 1.03 bits per heavy atom. The first-order valence-corrected chi connectivity index (χ1v) is 11.6. The lowest BCUT2D eigenvalue weighted by molar-refractivity contribution is -0.142. The molecule has 3 rings (SSSR count). The maximum atomic E-state index is 12.2. The van der Waals surface area contributed by atoms with E-state index in [4.69, 9.17) is 4.74 Å². The summed E-state index contributed by atoms with van der Waals surface area (Å²) in [6, 6.07) is 15.0. The lowest BCUT2D eigenvalue weighted by Crippen LogP contribution is -2.44. The highest BCUT2D eigenvalue weighted by molar-refractivity contribution is 5.84. The zero-order valence-electron chi connectivity index (χ0n) is 19.5. The standard InChI is InChI=1S/C26H32N2O6/c1-3-16(2)12-23(25(31)32)28-24(30)13-17(29)14-27-26(33)34-15-22-20-10-6-4-8-18(20)19-9-5-7-11-21(19)22/h4-11,16-17,22-23,29H,3,12-15H2,1-2H3,(H,27,33)(H,28,30)(H,31,32). The van der Waals surface area contributed by atoms with E-state index in [1.54, 1.807) is 0 Å². The summed E-state index contributed by atoms with van der Waals surface area (Å²) in [5.74, 6) is -1.63. The molecule has 0 bridgehead atoms. The fourth-order valence-corrected chi connectivity index (χ4v) is 4.18. The maximum absolute atomic E-state index is 12.2. The van der Waals surface area contributed by atoms with Gasteiger partial charge in [0, 0.05) is 12.5 Å². The average Bonchev–Trinajstić information content (AvgIpc) is 3.14. The molecule has 2 amide bonds. The van der Waals surface area contributed by atoms with Crippen molar-refractivity contribution in [3.05, 3.63) is 59.7 Å². The van der Waals surface area contributed by atoms with E-state index >= 15 is 0 Å². The van der Waals surface area contributed by atoms with Gasteiger partial charge in [0.2, 0.25) is 5.91 Å². The van der Waals surface area contributed by atoms with E-state index in [2.05, 4.69) is 10.6 Å². The molecule has 3 atom stereocenters. The summed E-state index contributed by atoms with van der Waals surface area (Å²) >= 11 is 0. The summed E-state index contributed by atoms with van der Waals surface area (Å²) in [5, 5.41) is 24.3. The molecule has 0 aliphatic heterocycles. The quantitative estimate of drug-likeness (QED) is 0.401. The first-order chi connectivity index (χ1) is 16.3.